The fourth-order valence-corrected chi connectivity index (χ4v) is 1.29. The average molecular weight is 272 g/mol. The number of hydrogen-bond acceptors (Lipinski definition) is 2. The third-order valence-corrected chi connectivity index (χ3v) is 2.29. The van der Waals surface area contributed by atoms with E-state index in [0.717, 1.165) is 12.1 Å². The molecule has 0 spiro atoms. The molecule has 0 aliphatic rings. The molecule has 0 heterocycles. The zero-order chi connectivity index (χ0) is 14.2. The molecule has 0 fully saturated rings. The Morgan fingerprint density at radius 3 is 1.56 bits per heavy atom. The van der Waals surface area contributed by atoms with Crippen LogP contribution in [0.3, 0.4) is 0 Å². The van der Waals surface area contributed by atoms with Gasteiger partial charge >= 0.3 is 12.4 Å². The fourth-order valence-electron chi connectivity index (χ4n) is 1.29. The maximum absolute atomic E-state index is 12.4. The van der Waals surface area contributed by atoms with Gasteiger partial charge in [-0.1, -0.05) is 24.3 Å². The first kappa shape index (κ1) is 14.5. The summed E-state index contributed by atoms with van der Waals surface area (Å²) in [5, 5.41) is 8.98. The van der Waals surface area contributed by atoms with Crippen LogP contribution in [-0.4, -0.2) is 23.7 Å². The van der Waals surface area contributed by atoms with Crippen LogP contribution in [0.25, 0.3) is 0 Å². The molecule has 0 unspecified atom stereocenters. The summed E-state index contributed by atoms with van der Waals surface area (Å²) in [4.78, 5) is 10.3. The van der Waals surface area contributed by atoms with Crippen molar-refractivity contribution in [3.63, 3.8) is 0 Å². The maximum Gasteiger partial charge on any atom is 0.430 e. The lowest BCUT2D eigenvalue weighted by Gasteiger charge is -2.32. The van der Waals surface area contributed by atoms with Crippen LogP contribution >= 0.6 is 0 Å². The van der Waals surface area contributed by atoms with E-state index in [0.29, 0.717) is 12.1 Å². The lowest BCUT2D eigenvalue weighted by Crippen LogP contribution is -2.53. The largest absolute Gasteiger partial charge is 0.430 e. The number of carbonyl (C=O) groups is 1. The molecule has 0 radical (unpaired) electrons. The molecule has 0 bridgehead atoms. The maximum atomic E-state index is 12.4. The van der Waals surface area contributed by atoms with E-state index in [1.165, 1.54) is 0 Å². The molecule has 0 atom stereocenters. The minimum atomic E-state index is -5.92. The van der Waals surface area contributed by atoms with Crippen LogP contribution in [0.4, 0.5) is 26.3 Å². The fraction of sp³-hybridized carbons (Fsp3) is 0.300. The van der Waals surface area contributed by atoms with Crippen molar-refractivity contribution in [1.29, 1.82) is 0 Å². The molecule has 0 saturated heterocycles. The van der Waals surface area contributed by atoms with Crippen molar-refractivity contribution in [1.82, 2.24) is 0 Å². The van der Waals surface area contributed by atoms with Gasteiger partial charge in [0.15, 0.2) is 0 Å². The van der Waals surface area contributed by atoms with Gasteiger partial charge in [0.25, 0.3) is 5.60 Å². The summed E-state index contributed by atoms with van der Waals surface area (Å²) in [6, 6.07) is 2.32. The van der Waals surface area contributed by atoms with E-state index in [9.17, 15) is 31.1 Å². The summed E-state index contributed by atoms with van der Waals surface area (Å²) in [5.74, 6) is 0. The van der Waals surface area contributed by atoms with E-state index in [2.05, 4.69) is 0 Å². The Morgan fingerprint density at radius 1 is 0.889 bits per heavy atom. The highest BCUT2D eigenvalue weighted by atomic mass is 19.4. The zero-order valence-corrected chi connectivity index (χ0v) is 8.51. The van der Waals surface area contributed by atoms with Crippen LogP contribution in [0.5, 0.6) is 0 Å². The lowest BCUT2D eigenvalue weighted by atomic mass is 9.92. The van der Waals surface area contributed by atoms with E-state index in [1.54, 1.807) is 0 Å². The van der Waals surface area contributed by atoms with Crippen molar-refractivity contribution in [3.05, 3.63) is 35.4 Å². The molecular weight excluding hydrogens is 266 g/mol. The SMILES string of the molecule is O=Cc1ccc(C(O)(C(F)(F)F)C(F)(F)F)cc1. The van der Waals surface area contributed by atoms with Gasteiger partial charge in [-0.25, -0.2) is 0 Å². The van der Waals surface area contributed by atoms with Crippen molar-refractivity contribution >= 4 is 6.29 Å². The number of alkyl halides is 6. The van der Waals surface area contributed by atoms with Gasteiger partial charge in [-0.3, -0.25) is 4.79 Å². The Kier molecular flexibility index (Phi) is 3.44. The van der Waals surface area contributed by atoms with Gasteiger partial charge in [0.2, 0.25) is 0 Å². The van der Waals surface area contributed by atoms with E-state index >= 15 is 0 Å². The first-order valence-corrected chi connectivity index (χ1v) is 4.45. The molecule has 0 aliphatic heterocycles. The van der Waals surface area contributed by atoms with Crippen molar-refractivity contribution in [2.24, 2.45) is 0 Å². The van der Waals surface area contributed by atoms with Gasteiger partial charge in [0.1, 0.15) is 6.29 Å². The zero-order valence-electron chi connectivity index (χ0n) is 8.51. The van der Waals surface area contributed by atoms with Gasteiger partial charge in [-0.2, -0.15) is 26.3 Å². The monoisotopic (exact) mass is 272 g/mol. The predicted octanol–water partition coefficient (Wildman–Crippen LogP) is 2.81. The number of carbonyl (C=O) groups excluding carboxylic acids is 1. The smallest absolute Gasteiger partial charge is 0.369 e. The Morgan fingerprint density at radius 2 is 1.28 bits per heavy atom. The molecule has 1 aromatic carbocycles. The quantitative estimate of drug-likeness (QED) is 0.664. The highest BCUT2D eigenvalue weighted by Gasteiger charge is 2.71. The molecule has 18 heavy (non-hydrogen) atoms. The molecule has 1 N–H and O–H groups in total. The molecule has 0 amide bonds. The normalized spacial score (nSPS) is 13.5. The van der Waals surface area contributed by atoms with E-state index < -0.39 is 23.5 Å². The van der Waals surface area contributed by atoms with Crippen LogP contribution in [0.2, 0.25) is 0 Å². The molecule has 1 aromatic rings. The minimum Gasteiger partial charge on any atom is -0.369 e. The summed E-state index contributed by atoms with van der Waals surface area (Å²) in [6.45, 7) is 0. The molecule has 0 saturated carbocycles. The number of aldehydes is 1. The Bertz CT molecular complexity index is 417. The second-order valence-corrected chi connectivity index (χ2v) is 3.45. The summed E-state index contributed by atoms with van der Waals surface area (Å²) in [5.41, 5.74) is -6.46. The van der Waals surface area contributed by atoms with Gasteiger partial charge in [-0.15, -0.1) is 0 Å². The predicted molar refractivity (Wildman–Crippen MR) is 47.8 cm³/mol. The number of rotatable bonds is 2. The molecule has 100 valence electrons. The number of benzene rings is 1. The summed E-state index contributed by atoms with van der Waals surface area (Å²) < 4.78 is 74.6. The highest BCUT2D eigenvalue weighted by molar-refractivity contribution is 5.74. The number of hydrogen-bond donors (Lipinski definition) is 1. The molecule has 2 nitrogen and oxygen atoms in total. The molecule has 8 heteroatoms. The standard InChI is InChI=1S/C10H6F6O2/c11-9(12,13)8(18,10(14,15)16)7-3-1-6(5-17)2-4-7/h1-5,18H. The minimum absolute atomic E-state index is 0.106. The van der Waals surface area contributed by atoms with Crippen molar-refractivity contribution in [3.8, 4) is 0 Å². The van der Waals surface area contributed by atoms with Crippen molar-refractivity contribution < 1.29 is 36.2 Å². The molecular formula is C10H6F6O2. The third-order valence-electron chi connectivity index (χ3n) is 2.29. The average Bonchev–Trinajstić information content (AvgIpc) is 2.25. The van der Waals surface area contributed by atoms with Gasteiger partial charge in [0.05, 0.1) is 0 Å². The number of halogens is 6. The second kappa shape index (κ2) is 4.27. The van der Waals surface area contributed by atoms with E-state index in [4.69, 9.17) is 5.11 Å². The molecule has 1 rings (SSSR count). The van der Waals surface area contributed by atoms with Gasteiger partial charge < -0.3 is 5.11 Å². The molecule has 0 aliphatic carbocycles. The van der Waals surface area contributed by atoms with Gasteiger partial charge in [-0.05, 0) is 0 Å². The summed E-state index contributed by atoms with van der Waals surface area (Å²) >= 11 is 0. The van der Waals surface area contributed by atoms with Crippen LogP contribution in [0, 0.1) is 0 Å². The van der Waals surface area contributed by atoms with E-state index in [-0.39, 0.29) is 11.8 Å². The van der Waals surface area contributed by atoms with Gasteiger partial charge in [0, 0.05) is 11.1 Å². The first-order chi connectivity index (χ1) is 8.04. The Balaban J connectivity index is 3.40. The van der Waals surface area contributed by atoms with Crippen molar-refractivity contribution in [2.45, 2.75) is 18.0 Å². The van der Waals surface area contributed by atoms with E-state index in [1.807, 2.05) is 0 Å². The first-order valence-electron chi connectivity index (χ1n) is 4.45. The van der Waals surface area contributed by atoms with Crippen LogP contribution in [0.1, 0.15) is 15.9 Å². The van der Waals surface area contributed by atoms with Crippen LogP contribution < -0.4 is 0 Å². The van der Waals surface area contributed by atoms with Crippen LogP contribution in [0.15, 0.2) is 24.3 Å². The van der Waals surface area contributed by atoms with Crippen molar-refractivity contribution in [2.75, 3.05) is 0 Å². The highest BCUT2D eigenvalue weighted by Crippen LogP contribution is 2.49. The second-order valence-electron chi connectivity index (χ2n) is 3.45. The van der Waals surface area contributed by atoms with Crippen LogP contribution in [-0.2, 0) is 5.60 Å². The Hall–Kier alpha value is -1.57. The summed E-state index contributed by atoms with van der Waals surface area (Å²) in [7, 11) is 0. The Labute approximate surface area is 96.8 Å². The summed E-state index contributed by atoms with van der Waals surface area (Å²) in [6.07, 6.45) is -11.6. The third kappa shape index (κ3) is 2.20. The lowest BCUT2D eigenvalue weighted by molar-refractivity contribution is -0.376. The number of aliphatic hydroxyl groups is 1. The topological polar surface area (TPSA) is 37.3 Å². The molecule has 0 aromatic heterocycles.